The Morgan fingerprint density at radius 1 is 0.917 bits per heavy atom. The standard InChI is InChI=1S/C28H31N3O4S/c1-34-27-9-5-8-26(18-27)28(35-21-24-12-10-23(19-29)11-13-24)20-30-14-16-31(17-15-30)36(32,33)22-25-6-3-2-4-7-25/h2-13,18,28H,14-17,20-22H2,1H3. The molecule has 1 unspecified atom stereocenters. The Labute approximate surface area is 213 Å². The van der Waals surface area contributed by atoms with Crippen LogP contribution < -0.4 is 4.74 Å². The molecule has 0 amide bonds. The van der Waals surface area contributed by atoms with Gasteiger partial charge in [0.25, 0.3) is 0 Å². The summed E-state index contributed by atoms with van der Waals surface area (Å²) in [6.45, 7) is 3.21. The van der Waals surface area contributed by atoms with E-state index in [0.717, 1.165) is 22.4 Å². The Bertz CT molecular complexity index is 1270. The molecule has 3 aromatic rings. The quantitative estimate of drug-likeness (QED) is 0.415. The van der Waals surface area contributed by atoms with Gasteiger partial charge in [0.05, 0.1) is 37.2 Å². The monoisotopic (exact) mass is 505 g/mol. The van der Waals surface area contributed by atoms with Gasteiger partial charge in [-0.15, -0.1) is 0 Å². The lowest BCUT2D eigenvalue weighted by Gasteiger charge is -2.36. The predicted molar refractivity (Wildman–Crippen MR) is 139 cm³/mol. The third-order valence-corrected chi connectivity index (χ3v) is 8.19. The van der Waals surface area contributed by atoms with Crippen molar-refractivity contribution in [3.8, 4) is 11.8 Å². The number of benzene rings is 3. The highest BCUT2D eigenvalue weighted by molar-refractivity contribution is 7.88. The van der Waals surface area contributed by atoms with Gasteiger partial charge in [0.15, 0.2) is 0 Å². The highest BCUT2D eigenvalue weighted by Gasteiger charge is 2.28. The zero-order chi connectivity index (χ0) is 25.4. The SMILES string of the molecule is COc1cccc(C(CN2CCN(S(=O)(=O)Cc3ccccc3)CC2)OCc2ccc(C#N)cc2)c1. The van der Waals surface area contributed by atoms with Crippen LogP contribution in [0.3, 0.4) is 0 Å². The summed E-state index contributed by atoms with van der Waals surface area (Å²) < 4.78 is 39.2. The molecule has 1 aliphatic heterocycles. The van der Waals surface area contributed by atoms with E-state index in [0.29, 0.717) is 44.9 Å². The van der Waals surface area contributed by atoms with E-state index in [2.05, 4.69) is 11.0 Å². The first-order valence-electron chi connectivity index (χ1n) is 12.0. The van der Waals surface area contributed by atoms with Crippen molar-refractivity contribution in [3.63, 3.8) is 0 Å². The number of rotatable bonds is 10. The highest BCUT2D eigenvalue weighted by atomic mass is 32.2. The van der Waals surface area contributed by atoms with E-state index in [-0.39, 0.29) is 11.9 Å². The van der Waals surface area contributed by atoms with Crippen LogP contribution in [0.5, 0.6) is 5.75 Å². The molecular formula is C28H31N3O4S. The van der Waals surface area contributed by atoms with Gasteiger partial charge in [-0.3, -0.25) is 4.90 Å². The normalized spacial score (nSPS) is 15.8. The van der Waals surface area contributed by atoms with Gasteiger partial charge in [-0.25, -0.2) is 8.42 Å². The van der Waals surface area contributed by atoms with E-state index in [4.69, 9.17) is 14.7 Å². The Morgan fingerprint density at radius 3 is 2.31 bits per heavy atom. The minimum Gasteiger partial charge on any atom is -0.497 e. The summed E-state index contributed by atoms with van der Waals surface area (Å²) >= 11 is 0. The fraction of sp³-hybridized carbons (Fsp3) is 0.321. The van der Waals surface area contributed by atoms with Crippen LogP contribution in [-0.4, -0.2) is 57.5 Å². The molecule has 0 bridgehead atoms. The summed E-state index contributed by atoms with van der Waals surface area (Å²) in [5, 5.41) is 9.03. The van der Waals surface area contributed by atoms with Crippen molar-refractivity contribution in [1.82, 2.24) is 9.21 Å². The Hall–Kier alpha value is -3.22. The number of methoxy groups -OCH3 is 1. The average molecular weight is 506 g/mol. The van der Waals surface area contributed by atoms with Gasteiger partial charge in [-0.2, -0.15) is 9.57 Å². The molecule has 36 heavy (non-hydrogen) atoms. The third-order valence-electron chi connectivity index (χ3n) is 6.34. The third kappa shape index (κ3) is 6.93. The molecular weight excluding hydrogens is 474 g/mol. The van der Waals surface area contributed by atoms with Crippen LogP contribution >= 0.6 is 0 Å². The maximum absolute atomic E-state index is 12.9. The van der Waals surface area contributed by atoms with E-state index in [1.807, 2.05) is 66.7 Å². The first kappa shape index (κ1) is 25.9. The van der Waals surface area contributed by atoms with Gasteiger partial charge in [-0.05, 0) is 41.0 Å². The van der Waals surface area contributed by atoms with Crippen molar-refractivity contribution in [1.29, 1.82) is 5.26 Å². The van der Waals surface area contributed by atoms with E-state index >= 15 is 0 Å². The van der Waals surface area contributed by atoms with Crippen molar-refractivity contribution >= 4 is 10.0 Å². The van der Waals surface area contributed by atoms with Crippen LogP contribution in [0.4, 0.5) is 0 Å². The summed E-state index contributed by atoms with van der Waals surface area (Å²) in [6.07, 6.45) is -0.219. The van der Waals surface area contributed by atoms with Crippen molar-refractivity contribution in [2.45, 2.75) is 18.5 Å². The molecule has 0 radical (unpaired) electrons. The Morgan fingerprint density at radius 2 is 1.64 bits per heavy atom. The molecule has 3 aromatic carbocycles. The number of piperazine rings is 1. The second-order valence-electron chi connectivity index (χ2n) is 8.83. The fourth-order valence-corrected chi connectivity index (χ4v) is 5.79. The Balaban J connectivity index is 1.40. The minimum absolute atomic E-state index is 0.0218. The van der Waals surface area contributed by atoms with Gasteiger partial charge in [0.1, 0.15) is 5.75 Å². The van der Waals surface area contributed by atoms with E-state index in [9.17, 15) is 8.42 Å². The molecule has 1 heterocycles. The van der Waals surface area contributed by atoms with Crippen molar-refractivity contribution in [3.05, 3.63) is 101 Å². The van der Waals surface area contributed by atoms with Crippen LogP contribution in [-0.2, 0) is 27.1 Å². The average Bonchev–Trinajstić information content (AvgIpc) is 2.92. The largest absolute Gasteiger partial charge is 0.497 e. The Kier molecular flexibility index (Phi) is 8.73. The summed E-state index contributed by atoms with van der Waals surface area (Å²) in [7, 11) is -1.73. The molecule has 0 N–H and O–H groups in total. The lowest BCUT2D eigenvalue weighted by molar-refractivity contribution is 0.00762. The number of nitrogens with zero attached hydrogens (tertiary/aromatic N) is 3. The predicted octanol–water partition coefficient (Wildman–Crippen LogP) is 3.97. The summed E-state index contributed by atoms with van der Waals surface area (Å²) in [6, 6.07) is 26.6. The van der Waals surface area contributed by atoms with Crippen LogP contribution in [0.1, 0.15) is 28.4 Å². The molecule has 1 aliphatic rings. The first-order chi connectivity index (χ1) is 17.5. The molecule has 0 spiro atoms. The van der Waals surface area contributed by atoms with Gasteiger partial charge in [0, 0.05) is 32.7 Å². The smallest absolute Gasteiger partial charge is 0.218 e. The van der Waals surface area contributed by atoms with Gasteiger partial charge < -0.3 is 9.47 Å². The molecule has 0 saturated carbocycles. The molecule has 1 saturated heterocycles. The second kappa shape index (κ2) is 12.2. The second-order valence-corrected chi connectivity index (χ2v) is 10.8. The highest BCUT2D eigenvalue weighted by Crippen LogP contribution is 2.25. The number of hydrogen-bond acceptors (Lipinski definition) is 6. The molecule has 0 aromatic heterocycles. The maximum Gasteiger partial charge on any atom is 0.218 e. The molecule has 7 nitrogen and oxygen atoms in total. The first-order valence-corrected chi connectivity index (χ1v) is 13.6. The number of nitriles is 1. The lowest BCUT2D eigenvalue weighted by Crippen LogP contribution is -2.49. The van der Waals surface area contributed by atoms with Crippen molar-refractivity contribution in [2.24, 2.45) is 0 Å². The van der Waals surface area contributed by atoms with Crippen LogP contribution in [0.2, 0.25) is 0 Å². The summed E-state index contributed by atoms with van der Waals surface area (Å²) in [4.78, 5) is 2.25. The molecule has 0 aliphatic carbocycles. The zero-order valence-electron chi connectivity index (χ0n) is 20.4. The minimum atomic E-state index is -3.37. The van der Waals surface area contributed by atoms with Gasteiger partial charge >= 0.3 is 0 Å². The summed E-state index contributed by atoms with van der Waals surface area (Å²) in [5.41, 5.74) is 3.40. The lowest BCUT2D eigenvalue weighted by atomic mass is 10.1. The fourth-order valence-electron chi connectivity index (χ4n) is 4.27. The van der Waals surface area contributed by atoms with E-state index in [1.54, 1.807) is 23.5 Å². The molecule has 8 heteroatoms. The van der Waals surface area contributed by atoms with E-state index in [1.165, 1.54) is 0 Å². The maximum atomic E-state index is 12.9. The van der Waals surface area contributed by atoms with E-state index < -0.39 is 10.0 Å². The van der Waals surface area contributed by atoms with Crippen LogP contribution in [0.15, 0.2) is 78.9 Å². The van der Waals surface area contributed by atoms with Gasteiger partial charge in [-0.1, -0.05) is 54.6 Å². The topological polar surface area (TPSA) is 82.9 Å². The van der Waals surface area contributed by atoms with Crippen molar-refractivity contribution < 1.29 is 17.9 Å². The van der Waals surface area contributed by atoms with Crippen LogP contribution in [0, 0.1) is 11.3 Å². The molecule has 1 atom stereocenters. The van der Waals surface area contributed by atoms with Crippen molar-refractivity contribution in [2.75, 3.05) is 39.8 Å². The molecule has 4 rings (SSSR count). The number of hydrogen-bond donors (Lipinski definition) is 0. The van der Waals surface area contributed by atoms with Gasteiger partial charge in [0.2, 0.25) is 10.0 Å². The number of sulfonamides is 1. The summed E-state index contributed by atoms with van der Waals surface area (Å²) in [5.74, 6) is 0.782. The molecule has 1 fully saturated rings. The van der Waals surface area contributed by atoms with Crippen LogP contribution in [0.25, 0.3) is 0 Å². The molecule has 188 valence electrons. The number of ether oxygens (including phenoxy) is 2. The zero-order valence-corrected chi connectivity index (χ0v) is 21.2.